The lowest BCUT2D eigenvalue weighted by Crippen LogP contribution is -2.37. The number of rotatable bonds is 5. The zero-order chi connectivity index (χ0) is 15.4. The molecule has 0 saturated carbocycles. The normalized spacial score (nSPS) is 16.6. The highest BCUT2D eigenvalue weighted by Crippen LogP contribution is 2.20. The number of ketones is 1. The summed E-state index contributed by atoms with van der Waals surface area (Å²) in [5.41, 5.74) is 1.22. The molecule has 0 unspecified atom stereocenters. The maximum Gasteiger partial charge on any atom is 0.316 e. The lowest BCUT2D eigenvalue weighted by atomic mass is 10.1. The van der Waals surface area contributed by atoms with Crippen molar-refractivity contribution >= 4 is 17.1 Å². The van der Waals surface area contributed by atoms with Gasteiger partial charge in [0.1, 0.15) is 6.10 Å². The molecule has 0 bridgehead atoms. The highest BCUT2D eigenvalue weighted by Gasteiger charge is 2.21. The number of nitrogens with zero attached hydrogens (tertiary/aromatic N) is 3. The molecule has 0 atom stereocenters. The van der Waals surface area contributed by atoms with Crippen molar-refractivity contribution in [2.24, 2.45) is 0 Å². The van der Waals surface area contributed by atoms with Gasteiger partial charge in [-0.2, -0.15) is 0 Å². The molecule has 3 rings (SSSR count). The lowest BCUT2D eigenvalue weighted by molar-refractivity contribution is 0.0893. The number of piperidine rings is 1. The summed E-state index contributed by atoms with van der Waals surface area (Å²) in [4.78, 5) is 22.8. The monoisotopic (exact) mass is 317 g/mol. The summed E-state index contributed by atoms with van der Waals surface area (Å²) in [5.74, 6) is 0.145. The molecular weight excluding hydrogens is 298 g/mol. The van der Waals surface area contributed by atoms with E-state index in [-0.39, 0.29) is 11.9 Å². The van der Waals surface area contributed by atoms with Crippen LogP contribution in [0.4, 0.5) is 0 Å². The van der Waals surface area contributed by atoms with Crippen molar-refractivity contribution < 1.29 is 9.53 Å². The highest BCUT2D eigenvalue weighted by atomic mass is 32.1. The van der Waals surface area contributed by atoms with E-state index < -0.39 is 0 Å². The Hall–Kier alpha value is -1.79. The van der Waals surface area contributed by atoms with Gasteiger partial charge in [0.15, 0.2) is 5.78 Å². The molecule has 22 heavy (non-hydrogen) atoms. The van der Waals surface area contributed by atoms with E-state index >= 15 is 0 Å². The Morgan fingerprint density at radius 2 is 2.09 bits per heavy atom. The van der Waals surface area contributed by atoms with Crippen molar-refractivity contribution in [3.63, 3.8) is 0 Å². The number of carbonyl (C=O) groups is 1. The molecule has 0 aliphatic carbocycles. The SMILES string of the molecule is CC(=O)c1cc(CN2CCC(Oc3ncccn3)CC2)cs1. The van der Waals surface area contributed by atoms with Crippen LogP contribution in [0, 0.1) is 0 Å². The third kappa shape index (κ3) is 3.90. The van der Waals surface area contributed by atoms with Crippen LogP contribution in [0.3, 0.4) is 0 Å². The van der Waals surface area contributed by atoms with Gasteiger partial charge < -0.3 is 4.74 Å². The van der Waals surface area contributed by atoms with Crippen LogP contribution in [0.25, 0.3) is 0 Å². The molecule has 5 nitrogen and oxygen atoms in total. The van der Waals surface area contributed by atoms with E-state index in [4.69, 9.17) is 4.74 Å². The molecular formula is C16H19N3O2S. The molecule has 1 fully saturated rings. The summed E-state index contributed by atoms with van der Waals surface area (Å²) in [6, 6.07) is 4.25. The van der Waals surface area contributed by atoms with E-state index in [0.717, 1.165) is 37.4 Å². The second kappa shape index (κ2) is 6.98. The number of hydrogen-bond acceptors (Lipinski definition) is 6. The van der Waals surface area contributed by atoms with Crippen LogP contribution in [-0.2, 0) is 6.54 Å². The third-order valence-corrected chi connectivity index (χ3v) is 4.84. The second-order valence-electron chi connectivity index (χ2n) is 5.50. The van der Waals surface area contributed by atoms with Gasteiger partial charge >= 0.3 is 6.01 Å². The van der Waals surface area contributed by atoms with Crippen LogP contribution >= 0.6 is 11.3 Å². The molecule has 1 aliphatic rings. The Kier molecular flexibility index (Phi) is 4.80. The Morgan fingerprint density at radius 1 is 1.36 bits per heavy atom. The average Bonchev–Trinajstić information content (AvgIpc) is 2.99. The molecule has 0 radical (unpaired) electrons. The summed E-state index contributed by atoms with van der Waals surface area (Å²) in [6.45, 7) is 4.49. The molecule has 1 saturated heterocycles. The summed E-state index contributed by atoms with van der Waals surface area (Å²) >= 11 is 1.53. The number of ether oxygens (including phenoxy) is 1. The van der Waals surface area contributed by atoms with Crippen molar-refractivity contribution in [1.29, 1.82) is 0 Å². The molecule has 0 amide bonds. The average molecular weight is 317 g/mol. The fraction of sp³-hybridized carbons (Fsp3) is 0.438. The van der Waals surface area contributed by atoms with E-state index in [1.54, 1.807) is 25.4 Å². The van der Waals surface area contributed by atoms with Gasteiger partial charge in [0, 0.05) is 32.0 Å². The quantitative estimate of drug-likeness (QED) is 0.794. The fourth-order valence-corrected chi connectivity index (χ4v) is 3.39. The summed E-state index contributed by atoms with van der Waals surface area (Å²) in [6.07, 6.45) is 5.53. The third-order valence-electron chi connectivity index (χ3n) is 3.76. The smallest absolute Gasteiger partial charge is 0.316 e. The van der Waals surface area contributed by atoms with Gasteiger partial charge in [-0.1, -0.05) is 0 Å². The number of hydrogen-bond donors (Lipinski definition) is 0. The topological polar surface area (TPSA) is 55.3 Å². The Labute approximate surface area is 134 Å². The zero-order valence-corrected chi connectivity index (χ0v) is 13.4. The minimum atomic E-state index is 0.145. The highest BCUT2D eigenvalue weighted by molar-refractivity contribution is 7.12. The van der Waals surface area contributed by atoms with Gasteiger partial charge in [-0.3, -0.25) is 9.69 Å². The van der Waals surface area contributed by atoms with Crippen LogP contribution in [0.5, 0.6) is 6.01 Å². The Morgan fingerprint density at radius 3 is 2.73 bits per heavy atom. The van der Waals surface area contributed by atoms with Gasteiger partial charge in [-0.15, -0.1) is 11.3 Å². The van der Waals surface area contributed by atoms with Gasteiger partial charge in [-0.05, 0) is 42.8 Å². The number of aromatic nitrogens is 2. The minimum Gasteiger partial charge on any atom is -0.460 e. The molecule has 1 aliphatic heterocycles. The van der Waals surface area contributed by atoms with Crippen LogP contribution in [0.15, 0.2) is 29.9 Å². The van der Waals surface area contributed by atoms with Crippen LogP contribution in [0.2, 0.25) is 0 Å². The number of carbonyl (C=O) groups excluding carboxylic acids is 1. The van der Waals surface area contributed by atoms with Crippen molar-refractivity contribution in [3.05, 3.63) is 40.3 Å². The summed E-state index contributed by atoms with van der Waals surface area (Å²) in [5, 5.41) is 2.08. The first kappa shape index (κ1) is 15.1. The molecule has 0 N–H and O–H groups in total. The van der Waals surface area contributed by atoms with Crippen molar-refractivity contribution in [1.82, 2.24) is 14.9 Å². The summed E-state index contributed by atoms with van der Waals surface area (Å²) < 4.78 is 5.80. The zero-order valence-electron chi connectivity index (χ0n) is 12.6. The van der Waals surface area contributed by atoms with E-state index in [1.165, 1.54) is 16.9 Å². The summed E-state index contributed by atoms with van der Waals surface area (Å²) in [7, 11) is 0. The van der Waals surface area contributed by atoms with Crippen LogP contribution < -0.4 is 4.74 Å². The molecule has 116 valence electrons. The van der Waals surface area contributed by atoms with E-state index in [2.05, 4.69) is 20.2 Å². The van der Waals surface area contributed by atoms with E-state index in [0.29, 0.717) is 6.01 Å². The number of thiophene rings is 1. The van der Waals surface area contributed by atoms with E-state index in [9.17, 15) is 4.79 Å². The second-order valence-corrected chi connectivity index (χ2v) is 6.41. The first-order valence-electron chi connectivity index (χ1n) is 7.45. The van der Waals surface area contributed by atoms with Crippen molar-refractivity contribution in [2.45, 2.75) is 32.4 Å². The fourth-order valence-electron chi connectivity index (χ4n) is 2.58. The van der Waals surface area contributed by atoms with Crippen LogP contribution in [0.1, 0.15) is 35.0 Å². The minimum absolute atomic E-state index is 0.145. The van der Waals surface area contributed by atoms with Crippen molar-refractivity contribution in [3.8, 4) is 6.01 Å². The molecule has 2 aromatic heterocycles. The number of Topliss-reactive ketones (excluding diaryl/α,β-unsaturated/α-hetero) is 1. The van der Waals surface area contributed by atoms with Gasteiger partial charge in [0.05, 0.1) is 4.88 Å². The largest absolute Gasteiger partial charge is 0.460 e. The standard InChI is InChI=1S/C16H19N3O2S/c1-12(20)15-9-13(11-22-15)10-19-7-3-14(4-8-19)21-16-17-5-2-6-18-16/h2,5-6,9,11,14H,3-4,7-8,10H2,1H3. The molecule has 2 aromatic rings. The molecule has 0 spiro atoms. The Bertz CT molecular complexity index is 621. The first-order valence-corrected chi connectivity index (χ1v) is 8.33. The van der Waals surface area contributed by atoms with Gasteiger partial charge in [-0.25, -0.2) is 9.97 Å². The molecule has 6 heteroatoms. The maximum absolute atomic E-state index is 11.3. The predicted molar refractivity (Wildman–Crippen MR) is 85.3 cm³/mol. The first-order chi connectivity index (χ1) is 10.7. The molecule has 3 heterocycles. The Balaban J connectivity index is 1.48. The predicted octanol–water partition coefficient (Wildman–Crippen LogP) is 2.78. The van der Waals surface area contributed by atoms with E-state index in [1.807, 2.05) is 6.07 Å². The van der Waals surface area contributed by atoms with Crippen molar-refractivity contribution in [2.75, 3.05) is 13.1 Å². The van der Waals surface area contributed by atoms with Crippen LogP contribution in [-0.4, -0.2) is 39.8 Å². The molecule has 0 aromatic carbocycles. The number of likely N-dealkylation sites (tertiary alicyclic amines) is 1. The van der Waals surface area contributed by atoms with Gasteiger partial charge in [0.25, 0.3) is 0 Å². The lowest BCUT2D eigenvalue weighted by Gasteiger charge is -2.31. The maximum atomic E-state index is 11.3. The van der Waals surface area contributed by atoms with Gasteiger partial charge in [0.2, 0.25) is 0 Å².